The van der Waals surface area contributed by atoms with E-state index in [-0.39, 0.29) is 16.4 Å². The smallest absolute Gasteiger partial charge is 0.248 e. The number of hydrogen-bond donors (Lipinski definition) is 1. The van der Waals surface area contributed by atoms with Crippen molar-refractivity contribution in [2.45, 2.75) is 30.6 Å². The molecule has 2 heterocycles. The van der Waals surface area contributed by atoms with Crippen LogP contribution in [0.15, 0.2) is 52.3 Å². The maximum atomic E-state index is 13.0. The Morgan fingerprint density at radius 1 is 1.20 bits per heavy atom. The zero-order valence-electron chi connectivity index (χ0n) is 14.1. The monoisotopic (exact) mass is 362 g/mol. The van der Waals surface area contributed by atoms with Crippen LogP contribution in [-0.4, -0.2) is 37.4 Å². The Hall–Kier alpha value is -2.12. The third-order valence-electron chi connectivity index (χ3n) is 4.49. The Morgan fingerprint density at radius 3 is 2.60 bits per heavy atom. The van der Waals surface area contributed by atoms with Gasteiger partial charge in [-0.15, -0.1) is 0 Å². The Bertz CT molecular complexity index is 884. The van der Waals surface area contributed by atoms with Crippen molar-refractivity contribution < 1.29 is 13.2 Å². The summed E-state index contributed by atoms with van der Waals surface area (Å²) in [5.74, 6) is 0.595. The summed E-state index contributed by atoms with van der Waals surface area (Å²) in [6, 6.07) is 10.2. The van der Waals surface area contributed by atoms with Crippen LogP contribution in [0.2, 0.25) is 0 Å². The molecule has 0 atom stereocenters. The highest BCUT2D eigenvalue weighted by Gasteiger charge is 2.31. The summed E-state index contributed by atoms with van der Waals surface area (Å²) >= 11 is 0. The molecule has 0 radical (unpaired) electrons. The van der Waals surface area contributed by atoms with E-state index in [1.807, 2.05) is 13.0 Å². The summed E-state index contributed by atoms with van der Waals surface area (Å²) in [7, 11) is -3.59. The van der Waals surface area contributed by atoms with Gasteiger partial charge in [-0.25, -0.2) is 8.42 Å². The minimum Gasteiger partial charge on any atom is -0.492 e. The van der Waals surface area contributed by atoms with Gasteiger partial charge in [-0.05, 0) is 49.4 Å². The highest BCUT2D eigenvalue weighted by atomic mass is 32.2. The number of H-pyrrole nitrogens is 1. The first-order chi connectivity index (χ1) is 12.0. The molecule has 6 nitrogen and oxygen atoms in total. The third kappa shape index (κ3) is 3.77. The van der Waals surface area contributed by atoms with Crippen LogP contribution in [0.25, 0.3) is 0 Å². The number of pyridine rings is 1. The van der Waals surface area contributed by atoms with Gasteiger partial charge in [0.15, 0.2) is 0 Å². The second-order valence-electron chi connectivity index (χ2n) is 6.04. The highest BCUT2D eigenvalue weighted by molar-refractivity contribution is 7.89. The average Bonchev–Trinajstić information content (AvgIpc) is 2.62. The van der Waals surface area contributed by atoms with Crippen molar-refractivity contribution in [3.63, 3.8) is 0 Å². The molecule has 3 rings (SSSR count). The van der Waals surface area contributed by atoms with E-state index in [9.17, 15) is 13.2 Å². The van der Waals surface area contributed by atoms with Crippen molar-refractivity contribution in [3.05, 3.63) is 58.5 Å². The van der Waals surface area contributed by atoms with Crippen LogP contribution in [-0.2, 0) is 10.0 Å². The second kappa shape index (κ2) is 7.41. The number of aromatic nitrogens is 1. The second-order valence-corrected chi connectivity index (χ2v) is 7.95. The maximum absolute atomic E-state index is 13.0. The van der Waals surface area contributed by atoms with E-state index in [4.69, 9.17) is 4.74 Å². The Labute approximate surface area is 147 Å². The number of nitrogens with one attached hydrogen (secondary N) is 1. The van der Waals surface area contributed by atoms with Crippen LogP contribution in [0, 0.1) is 0 Å². The van der Waals surface area contributed by atoms with Gasteiger partial charge in [0.1, 0.15) is 10.6 Å². The predicted molar refractivity (Wildman–Crippen MR) is 95.4 cm³/mol. The zero-order valence-corrected chi connectivity index (χ0v) is 15.0. The predicted octanol–water partition coefficient (Wildman–Crippen LogP) is 2.34. The molecule has 0 amide bonds. The van der Waals surface area contributed by atoms with E-state index < -0.39 is 10.0 Å². The lowest BCUT2D eigenvalue weighted by atomic mass is 9.91. The average molecular weight is 362 g/mol. The van der Waals surface area contributed by atoms with Gasteiger partial charge in [0.25, 0.3) is 0 Å². The fourth-order valence-corrected chi connectivity index (χ4v) is 4.82. The van der Waals surface area contributed by atoms with Gasteiger partial charge in [-0.3, -0.25) is 4.79 Å². The van der Waals surface area contributed by atoms with Crippen LogP contribution in [0.3, 0.4) is 0 Å². The van der Waals surface area contributed by atoms with Gasteiger partial charge >= 0.3 is 0 Å². The van der Waals surface area contributed by atoms with Crippen LogP contribution in [0.1, 0.15) is 31.2 Å². The number of para-hydroxylation sites is 1. The van der Waals surface area contributed by atoms with Crippen molar-refractivity contribution in [2.75, 3.05) is 19.7 Å². The van der Waals surface area contributed by atoms with Gasteiger partial charge in [0.05, 0.1) is 6.61 Å². The van der Waals surface area contributed by atoms with E-state index in [0.717, 1.165) is 5.56 Å². The minimum absolute atomic E-state index is 0.127. The molecule has 0 spiro atoms. The maximum Gasteiger partial charge on any atom is 0.248 e. The van der Waals surface area contributed by atoms with Crippen molar-refractivity contribution >= 4 is 10.0 Å². The molecule has 7 heteroatoms. The molecule has 1 aromatic carbocycles. The van der Waals surface area contributed by atoms with Crippen molar-refractivity contribution in [3.8, 4) is 5.75 Å². The van der Waals surface area contributed by atoms with E-state index >= 15 is 0 Å². The minimum atomic E-state index is -3.59. The number of hydrogen-bond acceptors (Lipinski definition) is 4. The molecule has 0 aliphatic carbocycles. The molecule has 134 valence electrons. The number of ether oxygens (including phenoxy) is 1. The molecule has 1 aromatic heterocycles. The number of rotatable bonds is 5. The highest BCUT2D eigenvalue weighted by Crippen LogP contribution is 2.32. The molecule has 1 saturated heterocycles. The molecule has 0 saturated carbocycles. The number of benzene rings is 1. The largest absolute Gasteiger partial charge is 0.492 e. The molecule has 1 aliphatic heterocycles. The summed E-state index contributed by atoms with van der Waals surface area (Å²) < 4.78 is 32.9. The topological polar surface area (TPSA) is 79.5 Å². The first-order valence-corrected chi connectivity index (χ1v) is 9.87. The fourth-order valence-electron chi connectivity index (χ4n) is 3.22. The van der Waals surface area contributed by atoms with Crippen LogP contribution < -0.4 is 10.3 Å². The third-order valence-corrected chi connectivity index (χ3v) is 6.43. The molecule has 25 heavy (non-hydrogen) atoms. The van der Waals surface area contributed by atoms with Crippen molar-refractivity contribution in [2.24, 2.45) is 0 Å². The zero-order chi connectivity index (χ0) is 17.9. The molecule has 0 unspecified atom stereocenters. The molecular formula is C18H22N2O4S. The standard InChI is InChI=1S/C18H22N2O4S/c1-2-24-16-5-3-4-6-17(16)25(22,23)20-11-8-14(9-12-20)15-7-10-19-18(21)13-15/h3-7,10,13-14H,2,8-9,11-12H2,1H3,(H,19,21). The van der Waals surface area contributed by atoms with Crippen LogP contribution >= 0.6 is 0 Å². The van der Waals surface area contributed by atoms with E-state index in [1.165, 1.54) is 4.31 Å². The van der Waals surface area contributed by atoms with Gasteiger partial charge < -0.3 is 9.72 Å². The number of aromatic amines is 1. The van der Waals surface area contributed by atoms with E-state index in [2.05, 4.69) is 4.98 Å². The summed E-state index contributed by atoms with van der Waals surface area (Å²) in [6.45, 7) is 3.11. The Balaban J connectivity index is 1.77. The normalized spacial score (nSPS) is 16.7. The molecule has 1 fully saturated rings. The number of nitrogens with zero attached hydrogens (tertiary/aromatic N) is 1. The number of sulfonamides is 1. The summed E-state index contributed by atoms with van der Waals surface area (Å²) in [6.07, 6.45) is 3.03. The molecule has 0 bridgehead atoms. The Morgan fingerprint density at radius 2 is 1.92 bits per heavy atom. The Kier molecular flexibility index (Phi) is 5.24. The lowest BCUT2D eigenvalue weighted by molar-refractivity contribution is 0.311. The van der Waals surface area contributed by atoms with Crippen molar-refractivity contribution in [1.82, 2.24) is 9.29 Å². The molecule has 1 aliphatic rings. The van der Waals surface area contributed by atoms with Crippen LogP contribution in [0.5, 0.6) is 5.75 Å². The first kappa shape index (κ1) is 17.7. The van der Waals surface area contributed by atoms with E-state index in [0.29, 0.717) is 38.3 Å². The lowest BCUT2D eigenvalue weighted by Gasteiger charge is -2.31. The van der Waals surface area contributed by atoms with Gasteiger partial charge in [0, 0.05) is 25.4 Å². The van der Waals surface area contributed by atoms with Gasteiger partial charge in [0.2, 0.25) is 15.6 Å². The summed E-state index contributed by atoms with van der Waals surface area (Å²) in [5, 5.41) is 0. The first-order valence-electron chi connectivity index (χ1n) is 8.43. The molecule has 2 aromatic rings. The molecular weight excluding hydrogens is 340 g/mol. The van der Waals surface area contributed by atoms with Gasteiger partial charge in [-0.2, -0.15) is 4.31 Å². The summed E-state index contributed by atoms with van der Waals surface area (Å²) in [5.41, 5.74) is 0.841. The van der Waals surface area contributed by atoms with Crippen molar-refractivity contribution in [1.29, 1.82) is 0 Å². The SMILES string of the molecule is CCOc1ccccc1S(=O)(=O)N1CCC(c2cc[nH]c(=O)c2)CC1. The van der Waals surface area contributed by atoms with E-state index in [1.54, 1.807) is 36.5 Å². The van der Waals surface area contributed by atoms with Crippen LogP contribution in [0.4, 0.5) is 0 Å². The molecule has 1 N–H and O–H groups in total. The van der Waals surface area contributed by atoms with Gasteiger partial charge in [-0.1, -0.05) is 12.1 Å². The summed E-state index contributed by atoms with van der Waals surface area (Å²) in [4.78, 5) is 14.3. The quantitative estimate of drug-likeness (QED) is 0.885. The number of piperidine rings is 1. The fraction of sp³-hybridized carbons (Fsp3) is 0.389. The lowest BCUT2D eigenvalue weighted by Crippen LogP contribution is -2.38.